The number of nitrogens with zero attached hydrogens (tertiary/aromatic N) is 5. The van der Waals surface area contributed by atoms with Crippen molar-refractivity contribution in [2.75, 3.05) is 13.1 Å². The number of para-hydroxylation sites is 1. The monoisotopic (exact) mass is 434 g/mol. The van der Waals surface area contributed by atoms with Gasteiger partial charge in [-0.3, -0.25) is 0 Å². The summed E-state index contributed by atoms with van der Waals surface area (Å²) in [6.07, 6.45) is 6.87. The van der Waals surface area contributed by atoms with E-state index in [1.807, 2.05) is 30.3 Å². The van der Waals surface area contributed by atoms with E-state index in [1.165, 1.54) is 18.4 Å². The third kappa shape index (κ3) is 5.45. The third-order valence-electron chi connectivity index (χ3n) is 5.61. The molecule has 1 aliphatic rings. The minimum atomic E-state index is 0.690. The van der Waals surface area contributed by atoms with Crippen LogP contribution in [-0.2, 0) is 12.8 Å². The van der Waals surface area contributed by atoms with Gasteiger partial charge in [0.05, 0.1) is 10.2 Å². The number of rotatable bonds is 11. The number of aryl methyl sites for hydroxylation is 2. The van der Waals surface area contributed by atoms with Crippen molar-refractivity contribution in [3.63, 3.8) is 0 Å². The standard InChI is InChI=1S/C23H26N6OS/c1-2-7-21-20(6-1)24-23(31-21)30-19-13-9-17(10-14-19)5-3-15-29(18-11-12-18)16-4-8-22-25-27-28-26-22/h1-2,6-7,9-10,13-14,18H,3-5,8,11-12,15-16H2,(H,25,26,27,28). The fraction of sp³-hybridized carbons (Fsp3) is 0.391. The average molecular weight is 435 g/mol. The first-order valence-electron chi connectivity index (χ1n) is 10.9. The smallest absolute Gasteiger partial charge is 0.279 e. The van der Waals surface area contributed by atoms with Crippen molar-refractivity contribution in [1.82, 2.24) is 30.5 Å². The Kier molecular flexibility index (Phi) is 6.18. The largest absolute Gasteiger partial charge is 0.431 e. The van der Waals surface area contributed by atoms with Crippen LogP contribution in [0.15, 0.2) is 48.5 Å². The second kappa shape index (κ2) is 9.53. The number of nitrogens with one attached hydrogen (secondary N) is 1. The lowest BCUT2D eigenvalue weighted by molar-refractivity contribution is 0.256. The molecule has 5 rings (SSSR count). The minimum absolute atomic E-state index is 0.690. The fourth-order valence-corrected chi connectivity index (χ4v) is 4.69. The number of H-pyrrole nitrogens is 1. The van der Waals surface area contributed by atoms with Gasteiger partial charge in [0.25, 0.3) is 5.19 Å². The van der Waals surface area contributed by atoms with Crippen LogP contribution in [0.4, 0.5) is 0 Å². The first kappa shape index (κ1) is 20.1. The molecule has 0 aliphatic heterocycles. The second-order valence-corrected chi connectivity index (χ2v) is 8.99. The average Bonchev–Trinajstić information content (AvgIpc) is 3.34. The van der Waals surface area contributed by atoms with Crippen molar-refractivity contribution in [1.29, 1.82) is 0 Å². The highest BCUT2D eigenvalue weighted by atomic mass is 32.1. The van der Waals surface area contributed by atoms with Crippen LogP contribution >= 0.6 is 11.3 Å². The molecule has 0 bridgehead atoms. The van der Waals surface area contributed by atoms with E-state index in [2.05, 4.69) is 48.7 Å². The molecule has 4 aromatic rings. The number of tetrazole rings is 1. The summed E-state index contributed by atoms with van der Waals surface area (Å²) in [4.78, 5) is 7.17. The number of ether oxygens (including phenoxy) is 1. The molecule has 0 saturated heterocycles. The molecule has 1 N–H and O–H groups in total. The van der Waals surface area contributed by atoms with Crippen molar-refractivity contribution in [3.05, 3.63) is 59.9 Å². The Morgan fingerprint density at radius 3 is 2.55 bits per heavy atom. The van der Waals surface area contributed by atoms with Crippen LogP contribution in [0.2, 0.25) is 0 Å². The summed E-state index contributed by atoms with van der Waals surface area (Å²) in [5, 5.41) is 14.9. The number of hydrogen-bond acceptors (Lipinski definition) is 7. The molecule has 7 nitrogen and oxygen atoms in total. The van der Waals surface area contributed by atoms with Crippen molar-refractivity contribution in [2.45, 2.75) is 44.6 Å². The van der Waals surface area contributed by atoms with Crippen molar-refractivity contribution in [3.8, 4) is 10.9 Å². The van der Waals surface area contributed by atoms with E-state index in [9.17, 15) is 0 Å². The van der Waals surface area contributed by atoms with Gasteiger partial charge in [-0.25, -0.2) is 4.98 Å². The molecule has 160 valence electrons. The number of aromatic amines is 1. The number of benzene rings is 2. The summed E-state index contributed by atoms with van der Waals surface area (Å²) in [5.41, 5.74) is 2.33. The van der Waals surface area contributed by atoms with Crippen LogP contribution in [0.25, 0.3) is 10.2 Å². The Morgan fingerprint density at radius 2 is 1.81 bits per heavy atom. The lowest BCUT2D eigenvalue weighted by Gasteiger charge is -2.21. The third-order valence-corrected chi connectivity index (χ3v) is 6.53. The molecule has 2 aromatic heterocycles. The fourth-order valence-electron chi connectivity index (χ4n) is 3.85. The van der Waals surface area contributed by atoms with E-state index in [4.69, 9.17) is 4.74 Å². The molecule has 0 unspecified atom stereocenters. The van der Waals surface area contributed by atoms with Gasteiger partial charge in [0.15, 0.2) is 5.82 Å². The molecular weight excluding hydrogens is 408 g/mol. The Hall–Kier alpha value is -2.84. The van der Waals surface area contributed by atoms with Gasteiger partial charge in [0.1, 0.15) is 5.75 Å². The summed E-state index contributed by atoms with van der Waals surface area (Å²) in [6, 6.07) is 17.3. The Bertz CT molecular complexity index is 1060. The Morgan fingerprint density at radius 1 is 1.00 bits per heavy atom. The highest BCUT2D eigenvalue weighted by molar-refractivity contribution is 7.20. The van der Waals surface area contributed by atoms with Crippen LogP contribution < -0.4 is 4.74 Å². The van der Waals surface area contributed by atoms with Crippen molar-refractivity contribution < 1.29 is 4.74 Å². The van der Waals surface area contributed by atoms with Crippen LogP contribution in [0, 0.1) is 0 Å². The minimum Gasteiger partial charge on any atom is -0.431 e. The van der Waals surface area contributed by atoms with E-state index in [0.717, 1.165) is 66.6 Å². The van der Waals surface area contributed by atoms with Gasteiger partial charge >= 0.3 is 0 Å². The Labute approximate surface area is 185 Å². The van der Waals surface area contributed by atoms with Crippen LogP contribution in [0.5, 0.6) is 10.9 Å². The Balaban J connectivity index is 1.08. The maximum absolute atomic E-state index is 5.96. The molecule has 8 heteroatoms. The SMILES string of the molecule is c1ccc2sc(Oc3ccc(CCCN(CCCc4nn[nH]n4)C4CC4)cc3)nc2c1. The predicted octanol–water partition coefficient (Wildman–Crippen LogP) is 4.63. The molecule has 1 fully saturated rings. The van der Waals surface area contributed by atoms with Crippen LogP contribution in [0.3, 0.4) is 0 Å². The van der Waals surface area contributed by atoms with Gasteiger partial charge in [-0.15, -0.1) is 10.2 Å². The number of aromatic nitrogens is 5. The zero-order valence-corrected chi connectivity index (χ0v) is 18.2. The molecule has 2 heterocycles. The maximum Gasteiger partial charge on any atom is 0.279 e. The van der Waals surface area contributed by atoms with Gasteiger partial charge < -0.3 is 9.64 Å². The van der Waals surface area contributed by atoms with E-state index in [1.54, 1.807) is 11.3 Å². The summed E-state index contributed by atoms with van der Waals surface area (Å²) < 4.78 is 7.10. The van der Waals surface area contributed by atoms with Crippen LogP contribution in [-0.4, -0.2) is 49.6 Å². The molecule has 0 amide bonds. The van der Waals surface area contributed by atoms with E-state index in [-0.39, 0.29) is 0 Å². The summed E-state index contributed by atoms with van der Waals surface area (Å²) >= 11 is 1.58. The number of thiazole rings is 1. The quantitative estimate of drug-likeness (QED) is 0.371. The van der Waals surface area contributed by atoms with Gasteiger partial charge in [0.2, 0.25) is 0 Å². The first-order valence-corrected chi connectivity index (χ1v) is 11.7. The molecule has 1 saturated carbocycles. The molecule has 0 atom stereocenters. The number of fused-ring (bicyclic) bond motifs is 1. The number of hydrogen-bond donors (Lipinski definition) is 1. The molecule has 0 spiro atoms. The summed E-state index contributed by atoms with van der Waals surface area (Å²) in [6.45, 7) is 2.25. The molecule has 31 heavy (non-hydrogen) atoms. The molecule has 2 aromatic carbocycles. The van der Waals surface area contributed by atoms with Crippen LogP contribution in [0.1, 0.15) is 37.1 Å². The first-order chi connectivity index (χ1) is 15.3. The summed E-state index contributed by atoms with van der Waals surface area (Å²) in [5.74, 6) is 1.65. The second-order valence-electron chi connectivity index (χ2n) is 8.00. The van der Waals surface area contributed by atoms with Crippen molar-refractivity contribution >= 4 is 21.6 Å². The normalized spacial score (nSPS) is 13.8. The zero-order valence-electron chi connectivity index (χ0n) is 17.4. The lowest BCUT2D eigenvalue weighted by Crippen LogP contribution is -2.29. The van der Waals surface area contributed by atoms with Gasteiger partial charge in [0, 0.05) is 12.5 Å². The van der Waals surface area contributed by atoms with Crippen molar-refractivity contribution in [2.24, 2.45) is 0 Å². The van der Waals surface area contributed by atoms with E-state index in [0.29, 0.717) is 5.19 Å². The molecule has 1 aliphatic carbocycles. The topological polar surface area (TPSA) is 79.8 Å². The molecular formula is C23H26N6OS. The van der Waals surface area contributed by atoms with Gasteiger partial charge in [-0.2, -0.15) is 5.21 Å². The summed E-state index contributed by atoms with van der Waals surface area (Å²) in [7, 11) is 0. The molecule has 0 radical (unpaired) electrons. The van der Waals surface area contributed by atoms with Gasteiger partial charge in [-0.05, 0) is 75.0 Å². The van der Waals surface area contributed by atoms with E-state index < -0.39 is 0 Å². The highest BCUT2D eigenvalue weighted by Gasteiger charge is 2.28. The zero-order chi connectivity index (χ0) is 20.9. The van der Waals surface area contributed by atoms with Gasteiger partial charge in [-0.1, -0.05) is 40.8 Å². The highest BCUT2D eigenvalue weighted by Crippen LogP contribution is 2.31. The predicted molar refractivity (Wildman–Crippen MR) is 122 cm³/mol. The lowest BCUT2D eigenvalue weighted by atomic mass is 10.1. The van der Waals surface area contributed by atoms with E-state index >= 15 is 0 Å². The maximum atomic E-state index is 5.96.